The SMILES string of the molecule is Nc1ncnc2c1c1ccccc1n2CC(=O)N1C[C@H](F)C[C@@H]1C(=O)NCc1cccc(Cl)c1F. The molecular formula is C24H21ClF2N6O2. The maximum atomic E-state index is 14.4. The lowest BCUT2D eigenvalue weighted by Crippen LogP contribution is -2.46. The number of amides is 2. The summed E-state index contributed by atoms with van der Waals surface area (Å²) in [4.78, 5) is 35.8. The number of nitrogens with one attached hydrogen (secondary N) is 1. The van der Waals surface area contributed by atoms with E-state index >= 15 is 0 Å². The molecule has 2 aromatic carbocycles. The molecule has 1 saturated heterocycles. The third-order valence-corrected chi connectivity index (χ3v) is 6.52. The van der Waals surface area contributed by atoms with Crippen LogP contribution in [0.3, 0.4) is 0 Å². The Morgan fingerprint density at radius 3 is 2.80 bits per heavy atom. The van der Waals surface area contributed by atoms with E-state index in [1.165, 1.54) is 23.4 Å². The molecule has 0 spiro atoms. The van der Waals surface area contributed by atoms with E-state index in [1.807, 2.05) is 24.3 Å². The maximum Gasteiger partial charge on any atom is 0.243 e. The molecule has 0 aliphatic carbocycles. The molecule has 180 valence electrons. The van der Waals surface area contributed by atoms with Gasteiger partial charge in [0.05, 0.1) is 22.5 Å². The highest BCUT2D eigenvalue weighted by Crippen LogP contribution is 2.31. The number of hydrogen-bond donors (Lipinski definition) is 2. The summed E-state index contributed by atoms with van der Waals surface area (Å²) in [6.07, 6.45) is -0.178. The number of hydrogen-bond acceptors (Lipinski definition) is 5. The molecule has 3 N–H and O–H groups in total. The summed E-state index contributed by atoms with van der Waals surface area (Å²) in [6.45, 7) is -0.514. The maximum absolute atomic E-state index is 14.4. The number of likely N-dealkylation sites (tertiary alicyclic amines) is 1. The fourth-order valence-electron chi connectivity index (χ4n) is 4.57. The Labute approximate surface area is 203 Å². The highest BCUT2D eigenvalue weighted by Gasteiger charge is 2.40. The molecule has 1 aliphatic rings. The van der Waals surface area contributed by atoms with Crippen LogP contribution in [-0.2, 0) is 22.7 Å². The molecule has 35 heavy (non-hydrogen) atoms. The lowest BCUT2D eigenvalue weighted by atomic mass is 10.1. The molecule has 0 radical (unpaired) electrons. The number of nitrogen functional groups attached to an aromatic ring is 1. The van der Waals surface area contributed by atoms with Gasteiger partial charge in [-0.05, 0) is 12.1 Å². The van der Waals surface area contributed by atoms with Crippen molar-refractivity contribution in [3.8, 4) is 0 Å². The number of anilines is 1. The molecule has 5 rings (SSSR count). The molecule has 2 aromatic heterocycles. The van der Waals surface area contributed by atoms with Gasteiger partial charge in [-0.1, -0.05) is 41.9 Å². The number of benzene rings is 2. The van der Waals surface area contributed by atoms with Crippen LogP contribution in [0, 0.1) is 5.82 Å². The van der Waals surface area contributed by atoms with Gasteiger partial charge in [-0.2, -0.15) is 0 Å². The molecule has 8 nitrogen and oxygen atoms in total. The standard InChI is InChI=1S/C24H21ClF2N6O2/c25-16-6-3-4-13(21(16)27)9-29-24(35)18-8-14(26)10-32(18)19(34)11-33-17-7-2-1-5-15(17)20-22(28)30-12-31-23(20)33/h1-7,12,14,18H,8-11H2,(H,29,35)(H2,28,30,31)/t14-,18-/m1/s1. The van der Waals surface area contributed by atoms with Gasteiger partial charge in [-0.25, -0.2) is 18.7 Å². The molecule has 0 bridgehead atoms. The van der Waals surface area contributed by atoms with E-state index in [4.69, 9.17) is 17.3 Å². The van der Waals surface area contributed by atoms with Crippen molar-refractivity contribution >= 4 is 51.2 Å². The quantitative estimate of drug-likeness (QED) is 0.439. The van der Waals surface area contributed by atoms with Crippen LogP contribution in [0.1, 0.15) is 12.0 Å². The van der Waals surface area contributed by atoms with Crippen molar-refractivity contribution in [3.05, 3.63) is 65.2 Å². The Morgan fingerprint density at radius 1 is 1.17 bits per heavy atom. The van der Waals surface area contributed by atoms with Crippen LogP contribution >= 0.6 is 11.6 Å². The normalized spacial score (nSPS) is 17.9. The summed E-state index contributed by atoms with van der Waals surface area (Å²) < 4.78 is 30.2. The predicted octanol–water partition coefficient (Wildman–Crippen LogP) is 3.21. The van der Waals surface area contributed by atoms with E-state index in [2.05, 4.69) is 15.3 Å². The fraction of sp³-hybridized carbons (Fsp3) is 0.250. The Kier molecular flexibility index (Phi) is 5.98. The van der Waals surface area contributed by atoms with E-state index in [-0.39, 0.29) is 42.5 Å². The number of nitrogens with zero attached hydrogens (tertiary/aromatic N) is 4. The predicted molar refractivity (Wildman–Crippen MR) is 128 cm³/mol. The first-order chi connectivity index (χ1) is 16.8. The second kappa shape index (κ2) is 9.10. The van der Waals surface area contributed by atoms with E-state index in [0.717, 1.165) is 10.9 Å². The zero-order valence-electron chi connectivity index (χ0n) is 18.4. The Bertz CT molecular complexity index is 1460. The number of para-hydroxylation sites is 1. The zero-order valence-corrected chi connectivity index (χ0v) is 19.2. The van der Waals surface area contributed by atoms with Crippen LogP contribution in [0.4, 0.5) is 14.6 Å². The monoisotopic (exact) mass is 498 g/mol. The fourth-order valence-corrected chi connectivity index (χ4v) is 4.76. The Morgan fingerprint density at radius 2 is 1.97 bits per heavy atom. The molecule has 1 fully saturated rings. The number of nitrogens with two attached hydrogens (primary N) is 1. The van der Waals surface area contributed by atoms with E-state index in [0.29, 0.717) is 11.0 Å². The average molecular weight is 499 g/mol. The molecule has 4 aromatic rings. The van der Waals surface area contributed by atoms with Crippen LogP contribution < -0.4 is 11.1 Å². The van der Waals surface area contributed by atoms with Crippen LogP contribution in [0.5, 0.6) is 0 Å². The lowest BCUT2D eigenvalue weighted by molar-refractivity contribution is -0.138. The summed E-state index contributed by atoms with van der Waals surface area (Å²) >= 11 is 5.79. The van der Waals surface area contributed by atoms with Gasteiger partial charge in [0.25, 0.3) is 0 Å². The number of rotatable bonds is 5. The number of fused-ring (bicyclic) bond motifs is 3. The summed E-state index contributed by atoms with van der Waals surface area (Å²) in [5.74, 6) is -1.36. The molecule has 0 saturated carbocycles. The van der Waals surface area contributed by atoms with Gasteiger partial charge in [0.2, 0.25) is 11.8 Å². The van der Waals surface area contributed by atoms with Crippen LogP contribution in [0.15, 0.2) is 48.8 Å². The van der Waals surface area contributed by atoms with E-state index in [9.17, 15) is 18.4 Å². The lowest BCUT2D eigenvalue weighted by Gasteiger charge is -2.24. The first-order valence-electron chi connectivity index (χ1n) is 11.0. The van der Waals surface area contributed by atoms with Crippen molar-refractivity contribution < 1.29 is 18.4 Å². The summed E-state index contributed by atoms with van der Waals surface area (Å²) in [5, 5.41) is 3.95. The van der Waals surface area contributed by atoms with Crippen molar-refractivity contribution in [2.75, 3.05) is 12.3 Å². The van der Waals surface area contributed by atoms with Crippen molar-refractivity contribution in [2.45, 2.75) is 31.7 Å². The van der Waals surface area contributed by atoms with E-state index < -0.39 is 29.8 Å². The van der Waals surface area contributed by atoms with Crippen LogP contribution in [0.2, 0.25) is 5.02 Å². The highest BCUT2D eigenvalue weighted by atomic mass is 35.5. The Balaban J connectivity index is 1.39. The molecule has 0 unspecified atom stereocenters. The number of alkyl halides is 1. The van der Waals surface area contributed by atoms with Crippen molar-refractivity contribution in [3.63, 3.8) is 0 Å². The average Bonchev–Trinajstić information content (AvgIpc) is 3.39. The summed E-state index contributed by atoms with van der Waals surface area (Å²) in [6, 6.07) is 10.8. The van der Waals surface area contributed by atoms with Gasteiger partial charge in [0.15, 0.2) is 0 Å². The molecule has 3 heterocycles. The number of halogens is 3. The topological polar surface area (TPSA) is 106 Å². The second-order valence-electron chi connectivity index (χ2n) is 8.39. The molecule has 2 atom stereocenters. The first kappa shape index (κ1) is 23.0. The molecular weight excluding hydrogens is 478 g/mol. The van der Waals surface area contributed by atoms with Gasteiger partial charge in [-0.15, -0.1) is 0 Å². The van der Waals surface area contributed by atoms with Crippen molar-refractivity contribution in [1.29, 1.82) is 0 Å². The Hall–Kier alpha value is -3.79. The number of carbonyl (C=O) groups is 2. The minimum atomic E-state index is -1.35. The summed E-state index contributed by atoms with van der Waals surface area (Å²) in [5.41, 5.74) is 7.46. The minimum absolute atomic E-state index is 0.0612. The van der Waals surface area contributed by atoms with E-state index in [1.54, 1.807) is 10.6 Å². The number of carbonyl (C=O) groups excluding carboxylic acids is 2. The van der Waals surface area contributed by atoms with Crippen LogP contribution in [-0.4, -0.2) is 50.0 Å². The van der Waals surface area contributed by atoms with Crippen molar-refractivity contribution in [2.24, 2.45) is 0 Å². The minimum Gasteiger partial charge on any atom is -0.383 e. The third-order valence-electron chi connectivity index (χ3n) is 6.23. The third kappa shape index (κ3) is 4.14. The van der Waals surface area contributed by atoms with Gasteiger partial charge in [-0.3, -0.25) is 9.59 Å². The van der Waals surface area contributed by atoms with Crippen LogP contribution in [0.25, 0.3) is 21.9 Å². The molecule has 11 heteroatoms. The van der Waals surface area contributed by atoms with Gasteiger partial charge in [0.1, 0.15) is 42.4 Å². The van der Waals surface area contributed by atoms with Gasteiger partial charge in [0, 0.05) is 23.9 Å². The van der Waals surface area contributed by atoms with Gasteiger partial charge < -0.3 is 20.5 Å². The highest BCUT2D eigenvalue weighted by molar-refractivity contribution is 6.30. The molecule has 2 amide bonds. The van der Waals surface area contributed by atoms with Gasteiger partial charge >= 0.3 is 0 Å². The smallest absolute Gasteiger partial charge is 0.243 e. The zero-order chi connectivity index (χ0) is 24.7. The second-order valence-corrected chi connectivity index (χ2v) is 8.79. The molecule has 1 aliphatic heterocycles. The number of aromatic nitrogens is 3. The largest absolute Gasteiger partial charge is 0.383 e. The first-order valence-corrected chi connectivity index (χ1v) is 11.3. The van der Waals surface area contributed by atoms with Crippen molar-refractivity contribution in [1.82, 2.24) is 24.8 Å². The summed E-state index contributed by atoms with van der Waals surface area (Å²) in [7, 11) is 0.